The smallest absolute Gasteiger partial charge is 0.118 e. The van der Waals surface area contributed by atoms with E-state index in [4.69, 9.17) is 10.5 Å². The lowest BCUT2D eigenvalue weighted by Gasteiger charge is -2.41. The third-order valence-corrected chi connectivity index (χ3v) is 5.11. The fraction of sp³-hybridized carbons (Fsp3) is 0.625. The lowest BCUT2D eigenvalue weighted by Crippen LogP contribution is -2.52. The molecule has 2 aliphatic heterocycles. The highest BCUT2D eigenvalue weighted by Crippen LogP contribution is 2.38. The Kier molecular flexibility index (Phi) is 3.50. The summed E-state index contributed by atoms with van der Waals surface area (Å²) in [6.45, 7) is 0. The molecule has 0 saturated carbocycles. The second-order valence-corrected chi connectivity index (χ2v) is 6.08. The average molecular weight is 260 g/mol. The molecule has 4 atom stereocenters. The van der Waals surface area contributed by atoms with Crippen LogP contribution in [-0.2, 0) is 6.42 Å². The molecule has 3 nitrogen and oxygen atoms in total. The fourth-order valence-electron chi connectivity index (χ4n) is 3.94. The summed E-state index contributed by atoms with van der Waals surface area (Å²) in [5, 5.41) is 0. The predicted molar refractivity (Wildman–Crippen MR) is 77.4 cm³/mol. The molecule has 1 aromatic rings. The topological polar surface area (TPSA) is 38.5 Å². The van der Waals surface area contributed by atoms with Gasteiger partial charge in [0.1, 0.15) is 5.75 Å². The van der Waals surface area contributed by atoms with Crippen LogP contribution in [0.15, 0.2) is 24.3 Å². The Labute approximate surface area is 115 Å². The Bertz CT molecular complexity index is 431. The molecule has 3 heteroatoms. The van der Waals surface area contributed by atoms with Crippen LogP contribution >= 0.6 is 0 Å². The molecule has 2 fully saturated rings. The van der Waals surface area contributed by atoms with Gasteiger partial charge in [-0.2, -0.15) is 0 Å². The van der Waals surface area contributed by atoms with Gasteiger partial charge in [0, 0.05) is 18.1 Å². The molecular formula is C16H24N2O. The fourth-order valence-corrected chi connectivity index (χ4v) is 3.94. The van der Waals surface area contributed by atoms with Crippen LogP contribution in [0.1, 0.15) is 24.8 Å². The summed E-state index contributed by atoms with van der Waals surface area (Å²) in [4.78, 5) is 2.57. The van der Waals surface area contributed by atoms with Gasteiger partial charge in [-0.1, -0.05) is 12.1 Å². The van der Waals surface area contributed by atoms with Gasteiger partial charge in [0.15, 0.2) is 0 Å². The number of nitrogens with two attached hydrogens (primary N) is 1. The van der Waals surface area contributed by atoms with Crippen LogP contribution in [0.5, 0.6) is 5.75 Å². The van der Waals surface area contributed by atoms with Crippen LogP contribution in [0.2, 0.25) is 0 Å². The largest absolute Gasteiger partial charge is 0.497 e. The van der Waals surface area contributed by atoms with Gasteiger partial charge < -0.3 is 15.4 Å². The van der Waals surface area contributed by atoms with Crippen molar-refractivity contribution >= 4 is 0 Å². The highest BCUT2D eigenvalue weighted by Gasteiger charge is 2.43. The second-order valence-electron chi connectivity index (χ2n) is 6.08. The number of piperidine rings is 1. The van der Waals surface area contributed by atoms with Crippen LogP contribution in [0, 0.1) is 5.92 Å². The van der Waals surface area contributed by atoms with E-state index >= 15 is 0 Å². The third-order valence-electron chi connectivity index (χ3n) is 5.11. The number of nitrogens with zero attached hydrogens (tertiary/aromatic N) is 1. The van der Waals surface area contributed by atoms with E-state index in [0.717, 1.165) is 24.6 Å². The highest BCUT2D eigenvalue weighted by molar-refractivity contribution is 5.28. The van der Waals surface area contributed by atoms with Gasteiger partial charge >= 0.3 is 0 Å². The molecule has 0 radical (unpaired) electrons. The molecule has 0 amide bonds. The minimum absolute atomic E-state index is 0.357. The molecule has 0 aliphatic carbocycles. The Balaban J connectivity index is 1.73. The summed E-state index contributed by atoms with van der Waals surface area (Å²) in [7, 11) is 3.98. The van der Waals surface area contributed by atoms with E-state index in [9.17, 15) is 0 Å². The number of fused-ring (bicyclic) bond motifs is 2. The summed E-state index contributed by atoms with van der Waals surface area (Å²) in [6, 6.07) is 10.2. The quantitative estimate of drug-likeness (QED) is 0.904. The van der Waals surface area contributed by atoms with E-state index in [0.29, 0.717) is 18.0 Å². The van der Waals surface area contributed by atoms with Gasteiger partial charge in [-0.15, -0.1) is 0 Å². The summed E-state index contributed by atoms with van der Waals surface area (Å²) in [5.74, 6) is 1.52. The van der Waals surface area contributed by atoms with Crippen molar-refractivity contribution in [2.45, 2.75) is 43.8 Å². The first-order chi connectivity index (χ1) is 9.19. The summed E-state index contributed by atoms with van der Waals surface area (Å²) < 4.78 is 5.21. The Morgan fingerprint density at radius 2 is 2.00 bits per heavy atom. The summed E-state index contributed by atoms with van der Waals surface area (Å²) in [6.07, 6.45) is 4.89. The molecule has 2 heterocycles. The predicted octanol–water partition coefficient (Wildman–Crippen LogP) is 2.05. The van der Waals surface area contributed by atoms with Crippen molar-refractivity contribution in [3.63, 3.8) is 0 Å². The number of methoxy groups -OCH3 is 1. The van der Waals surface area contributed by atoms with Crippen LogP contribution < -0.4 is 10.5 Å². The highest BCUT2D eigenvalue weighted by atomic mass is 16.5. The molecule has 3 rings (SSSR count). The van der Waals surface area contributed by atoms with E-state index < -0.39 is 0 Å². The Morgan fingerprint density at radius 1 is 1.26 bits per heavy atom. The molecule has 0 spiro atoms. The van der Waals surface area contributed by atoms with Crippen molar-refractivity contribution < 1.29 is 4.74 Å². The Morgan fingerprint density at radius 3 is 2.68 bits per heavy atom. The zero-order chi connectivity index (χ0) is 13.4. The van der Waals surface area contributed by atoms with Gasteiger partial charge in [0.2, 0.25) is 0 Å². The SMILES string of the molecule is COc1ccc(C[C@@H]2[C@H]3CC[C@H](C[C@@H]2N)N3C)cc1. The lowest BCUT2D eigenvalue weighted by atomic mass is 9.82. The van der Waals surface area contributed by atoms with Crippen molar-refractivity contribution in [1.82, 2.24) is 4.90 Å². The standard InChI is InChI=1S/C16H24N2O/c1-18-12-5-8-16(18)14(15(17)10-12)9-11-3-6-13(19-2)7-4-11/h3-4,6-7,12,14-16H,5,8-10,17H2,1-2H3/t12-,14+,15+,16-/m1/s1. The van der Waals surface area contributed by atoms with Crippen molar-refractivity contribution in [3.8, 4) is 5.75 Å². The molecule has 2 aliphatic rings. The van der Waals surface area contributed by atoms with E-state index in [2.05, 4.69) is 24.1 Å². The zero-order valence-corrected chi connectivity index (χ0v) is 11.9. The van der Waals surface area contributed by atoms with E-state index in [1.165, 1.54) is 18.4 Å². The van der Waals surface area contributed by atoms with Gasteiger partial charge in [-0.3, -0.25) is 0 Å². The number of hydrogen-bond donors (Lipinski definition) is 1. The van der Waals surface area contributed by atoms with Crippen molar-refractivity contribution in [3.05, 3.63) is 29.8 Å². The molecular weight excluding hydrogens is 236 g/mol. The lowest BCUT2D eigenvalue weighted by molar-refractivity contribution is 0.102. The average Bonchev–Trinajstić information content (AvgIpc) is 2.68. The van der Waals surface area contributed by atoms with Crippen molar-refractivity contribution in [2.75, 3.05) is 14.2 Å². The number of ether oxygens (including phenoxy) is 1. The van der Waals surface area contributed by atoms with Gasteiger partial charge in [-0.05, 0) is 56.3 Å². The first kappa shape index (κ1) is 12.9. The maximum absolute atomic E-state index is 6.41. The molecule has 1 aromatic carbocycles. The van der Waals surface area contributed by atoms with Crippen LogP contribution in [0.25, 0.3) is 0 Å². The van der Waals surface area contributed by atoms with Gasteiger partial charge in [0.25, 0.3) is 0 Å². The van der Waals surface area contributed by atoms with Crippen molar-refractivity contribution in [1.29, 1.82) is 0 Å². The minimum Gasteiger partial charge on any atom is -0.497 e. The number of benzene rings is 1. The molecule has 2 bridgehead atoms. The maximum Gasteiger partial charge on any atom is 0.118 e. The summed E-state index contributed by atoms with van der Waals surface area (Å²) in [5.41, 5.74) is 7.79. The molecule has 104 valence electrons. The minimum atomic E-state index is 0.357. The normalized spacial score (nSPS) is 34.5. The van der Waals surface area contributed by atoms with Crippen molar-refractivity contribution in [2.24, 2.45) is 11.7 Å². The second kappa shape index (κ2) is 5.14. The molecule has 0 aromatic heterocycles. The maximum atomic E-state index is 6.41. The molecule has 2 N–H and O–H groups in total. The van der Waals surface area contributed by atoms with E-state index in [1.54, 1.807) is 7.11 Å². The van der Waals surface area contributed by atoms with Gasteiger partial charge in [0.05, 0.1) is 7.11 Å². The number of rotatable bonds is 3. The summed E-state index contributed by atoms with van der Waals surface area (Å²) >= 11 is 0. The molecule has 19 heavy (non-hydrogen) atoms. The van der Waals surface area contributed by atoms with Crippen LogP contribution in [-0.4, -0.2) is 37.2 Å². The zero-order valence-electron chi connectivity index (χ0n) is 11.9. The monoisotopic (exact) mass is 260 g/mol. The molecule has 2 saturated heterocycles. The Hall–Kier alpha value is -1.06. The van der Waals surface area contributed by atoms with E-state index in [1.807, 2.05) is 12.1 Å². The van der Waals surface area contributed by atoms with Crippen LogP contribution in [0.4, 0.5) is 0 Å². The first-order valence-electron chi connectivity index (χ1n) is 7.29. The van der Waals surface area contributed by atoms with Crippen LogP contribution in [0.3, 0.4) is 0 Å². The van der Waals surface area contributed by atoms with Gasteiger partial charge in [-0.25, -0.2) is 0 Å². The number of hydrogen-bond acceptors (Lipinski definition) is 3. The third kappa shape index (κ3) is 2.37. The first-order valence-corrected chi connectivity index (χ1v) is 7.29. The molecule has 0 unspecified atom stereocenters. The van der Waals surface area contributed by atoms with E-state index in [-0.39, 0.29) is 0 Å².